The highest BCUT2D eigenvalue weighted by Crippen LogP contribution is 2.39. The summed E-state index contributed by atoms with van der Waals surface area (Å²) >= 11 is 6.86. The number of likely N-dealkylation sites (tertiary alicyclic amines) is 1. The minimum absolute atomic E-state index is 0.0785. The van der Waals surface area contributed by atoms with E-state index < -0.39 is 0 Å². The van der Waals surface area contributed by atoms with Gasteiger partial charge < -0.3 is 15.2 Å². The molecule has 2 heterocycles. The summed E-state index contributed by atoms with van der Waals surface area (Å²) in [6.07, 6.45) is 0.798. The molecule has 33 heavy (non-hydrogen) atoms. The smallest absolute Gasteiger partial charge is 0.310 e. The number of nitrogen functional groups attached to an aromatic ring is 1. The van der Waals surface area contributed by atoms with Crippen LogP contribution in [0.4, 0.5) is 5.69 Å². The quantitative estimate of drug-likeness (QED) is 0.409. The molecule has 0 saturated carbocycles. The SMILES string of the molecule is COC(=O)[C@@H]1CCN(Cc2ccc(-c3cccc(-c4cccc(N)c4C)c3Cl)nc2OC)C1. The predicted molar refractivity (Wildman–Crippen MR) is 131 cm³/mol. The van der Waals surface area contributed by atoms with Crippen molar-refractivity contribution in [3.8, 4) is 28.3 Å². The van der Waals surface area contributed by atoms with Crippen molar-refractivity contribution < 1.29 is 14.3 Å². The van der Waals surface area contributed by atoms with E-state index in [-0.39, 0.29) is 11.9 Å². The first-order valence-electron chi connectivity index (χ1n) is 10.9. The van der Waals surface area contributed by atoms with E-state index in [9.17, 15) is 4.79 Å². The molecular formula is C26H28ClN3O3. The van der Waals surface area contributed by atoms with Crippen molar-refractivity contribution in [1.82, 2.24) is 9.88 Å². The van der Waals surface area contributed by atoms with Gasteiger partial charge in [0.25, 0.3) is 0 Å². The van der Waals surface area contributed by atoms with E-state index in [4.69, 9.17) is 31.8 Å². The van der Waals surface area contributed by atoms with Crippen LogP contribution in [0.1, 0.15) is 17.5 Å². The number of halogens is 1. The fourth-order valence-electron chi connectivity index (χ4n) is 4.38. The van der Waals surface area contributed by atoms with Crippen LogP contribution in [0.25, 0.3) is 22.4 Å². The van der Waals surface area contributed by atoms with Gasteiger partial charge in [-0.25, -0.2) is 4.98 Å². The topological polar surface area (TPSA) is 77.7 Å². The third kappa shape index (κ3) is 4.68. The first kappa shape index (κ1) is 23.1. The Morgan fingerprint density at radius 1 is 1.12 bits per heavy atom. The summed E-state index contributed by atoms with van der Waals surface area (Å²) in [4.78, 5) is 18.8. The van der Waals surface area contributed by atoms with Gasteiger partial charge in [0.1, 0.15) is 0 Å². The maximum absolute atomic E-state index is 11.8. The fraction of sp³-hybridized carbons (Fsp3) is 0.308. The molecule has 0 spiro atoms. The molecule has 1 atom stereocenters. The summed E-state index contributed by atoms with van der Waals surface area (Å²) in [6.45, 7) is 4.15. The number of anilines is 1. The molecule has 1 saturated heterocycles. The number of nitrogens with two attached hydrogens (primary N) is 1. The van der Waals surface area contributed by atoms with Crippen molar-refractivity contribution in [1.29, 1.82) is 0 Å². The van der Waals surface area contributed by atoms with E-state index in [0.717, 1.165) is 52.2 Å². The number of benzene rings is 2. The van der Waals surface area contributed by atoms with E-state index in [1.807, 2.05) is 55.5 Å². The van der Waals surface area contributed by atoms with Crippen LogP contribution < -0.4 is 10.5 Å². The highest BCUT2D eigenvalue weighted by atomic mass is 35.5. The molecule has 3 aromatic rings. The van der Waals surface area contributed by atoms with E-state index in [0.29, 0.717) is 24.0 Å². The molecule has 2 N–H and O–H groups in total. The van der Waals surface area contributed by atoms with Crippen LogP contribution in [0.15, 0.2) is 48.5 Å². The number of carbonyl (C=O) groups is 1. The zero-order valence-electron chi connectivity index (χ0n) is 19.1. The van der Waals surface area contributed by atoms with Gasteiger partial charge in [0.2, 0.25) is 5.88 Å². The van der Waals surface area contributed by atoms with Gasteiger partial charge >= 0.3 is 5.97 Å². The van der Waals surface area contributed by atoms with E-state index in [2.05, 4.69) is 4.90 Å². The van der Waals surface area contributed by atoms with Gasteiger partial charge in [-0.05, 0) is 43.1 Å². The normalized spacial score (nSPS) is 16.1. The largest absolute Gasteiger partial charge is 0.481 e. The average molecular weight is 466 g/mol. The number of aromatic nitrogens is 1. The van der Waals surface area contributed by atoms with Gasteiger partial charge in [-0.3, -0.25) is 9.69 Å². The maximum atomic E-state index is 11.8. The van der Waals surface area contributed by atoms with E-state index >= 15 is 0 Å². The first-order valence-corrected chi connectivity index (χ1v) is 11.3. The second kappa shape index (κ2) is 9.81. The average Bonchev–Trinajstić information content (AvgIpc) is 3.29. The van der Waals surface area contributed by atoms with Gasteiger partial charge in [0.05, 0.1) is 30.9 Å². The second-order valence-electron chi connectivity index (χ2n) is 8.30. The zero-order valence-corrected chi connectivity index (χ0v) is 19.9. The number of methoxy groups -OCH3 is 2. The number of hydrogen-bond donors (Lipinski definition) is 1. The van der Waals surface area contributed by atoms with Gasteiger partial charge in [-0.1, -0.05) is 48.0 Å². The van der Waals surface area contributed by atoms with Gasteiger partial charge in [-0.15, -0.1) is 0 Å². The summed E-state index contributed by atoms with van der Waals surface area (Å²) < 4.78 is 10.5. The van der Waals surface area contributed by atoms with Crippen LogP contribution >= 0.6 is 11.6 Å². The Bertz CT molecular complexity index is 1180. The highest BCUT2D eigenvalue weighted by Gasteiger charge is 2.29. The summed E-state index contributed by atoms with van der Waals surface area (Å²) in [7, 11) is 3.05. The maximum Gasteiger partial charge on any atom is 0.310 e. The summed E-state index contributed by atoms with van der Waals surface area (Å²) in [5, 5.41) is 0.619. The molecule has 1 aliphatic rings. The van der Waals surface area contributed by atoms with Crippen LogP contribution in [-0.2, 0) is 16.1 Å². The lowest BCUT2D eigenvalue weighted by molar-refractivity contribution is -0.144. The van der Waals surface area contributed by atoms with Crippen molar-refractivity contribution >= 4 is 23.3 Å². The molecule has 1 aliphatic heterocycles. The van der Waals surface area contributed by atoms with Crippen molar-refractivity contribution in [2.45, 2.75) is 19.9 Å². The number of hydrogen-bond acceptors (Lipinski definition) is 6. The molecule has 1 aromatic heterocycles. The minimum atomic E-state index is -0.150. The molecule has 1 fully saturated rings. The highest BCUT2D eigenvalue weighted by molar-refractivity contribution is 6.36. The zero-order chi connectivity index (χ0) is 23.5. The second-order valence-corrected chi connectivity index (χ2v) is 8.67. The van der Waals surface area contributed by atoms with Crippen molar-refractivity contribution in [2.24, 2.45) is 5.92 Å². The van der Waals surface area contributed by atoms with Crippen LogP contribution in [0.5, 0.6) is 5.88 Å². The lowest BCUT2D eigenvalue weighted by atomic mass is 9.96. The third-order valence-electron chi connectivity index (χ3n) is 6.27. The number of pyridine rings is 1. The first-order chi connectivity index (χ1) is 15.9. The van der Waals surface area contributed by atoms with Crippen molar-refractivity contribution in [3.63, 3.8) is 0 Å². The Labute approximate surface area is 199 Å². The monoisotopic (exact) mass is 465 g/mol. The Morgan fingerprint density at radius 3 is 2.61 bits per heavy atom. The third-order valence-corrected chi connectivity index (χ3v) is 6.68. The molecule has 4 rings (SSSR count). The molecule has 172 valence electrons. The molecule has 0 bridgehead atoms. The molecule has 0 radical (unpaired) electrons. The molecule has 0 unspecified atom stereocenters. The van der Waals surface area contributed by atoms with Gasteiger partial charge in [0.15, 0.2) is 0 Å². The molecule has 6 nitrogen and oxygen atoms in total. The van der Waals surface area contributed by atoms with Gasteiger partial charge in [-0.2, -0.15) is 0 Å². The molecule has 2 aromatic carbocycles. The van der Waals surface area contributed by atoms with Crippen molar-refractivity contribution in [2.75, 3.05) is 33.0 Å². The minimum Gasteiger partial charge on any atom is -0.481 e. The van der Waals surface area contributed by atoms with Crippen LogP contribution in [0.3, 0.4) is 0 Å². The molecule has 0 amide bonds. The van der Waals surface area contributed by atoms with Crippen LogP contribution in [-0.4, -0.2) is 43.2 Å². The van der Waals surface area contributed by atoms with E-state index in [1.165, 1.54) is 7.11 Å². The Kier molecular flexibility index (Phi) is 6.86. The number of carbonyl (C=O) groups excluding carboxylic acids is 1. The summed E-state index contributed by atoms with van der Waals surface area (Å²) in [5.41, 5.74) is 12.3. The van der Waals surface area contributed by atoms with Crippen LogP contribution in [0.2, 0.25) is 5.02 Å². The summed E-state index contributed by atoms with van der Waals surface area (Å²) in [5.74, 6) is 0.323. The van der Waals surface area contributed by atoms with Crippen LogP contribution in [0, 0.1) is 12.8 Å². The Morgan fingerprint density at radius 2 is 1.85 bits per heavy atom. The summed E-state index contributed by atoms with van der Waals surface area (Å²) in [6, 6.07) is 15.7. The lowest BCUT2D eigenvalue weighted by Crippen LogP contribution is -2.24. The van der Waals surface area contributed by atoms with Gasteiger partial charge in [0, 0.05) is 35.5 Å². The molecule has 7 heteroatoms. The Balaban J connectivity index is 1.62. The van der Waals surface area contributed by atoms with E-state index in [1.54, 1.807) is 7.11 Å². The predicted octanol–water partition coefficient (Wildman–Crippen LogP) is 4.96. The van der Waals surface area contributed by atoms with Crippen molar-refractivity contribution in [3.05, 3.63) is 64.7 Å². The molecular weight excluding hydrogens is 438 g/mol. The lowest BCUT2D eigenvalue weighted by Gasteiger charge is -2.18. The Hall–Kier alpha value is -3.09. The number of nitrogens with zero attached hydrogens (tertiary/aromatic N) is 2. The molecule has 0 aliphatic carbocycles. The number of esters is 1. The number of rotatable bonds is 6. The fourth-order valence-corrected chi connectivity index (χ4v) is 4.70. The standard InChI is InChI=1S/C26H28ClN3O3/c1-16-19(6-5-9-22(16)28)20-7-4-8-21(24(20)27)23-11-10-17(25(29-23)32-2)14-30-13-12-18(15-30)26(31)33-3/h4-11,18H,12-15,28H2,1-3H3/t18-/m1/s1. The number of ether oxygens (including phenoxy) is 2.